The van der Waals surface area contributed by atoms with Crippen molar-refractivity contribution in [1.82, 2.24) is 4.98 Å². The van der Waals surface area contributed by atoms with Gasteiger partial charge in [-0.25, -0.2) is 0 Å². The summed E-state index contributed by atoms with van der Waals surface area (Å²) in [6.07, 6.45) is 0.307. The number of phenols is 1. The summed E-state index contributed by atoms with van der Waals surface area (Å²) in [4.78, 5) is 4.55. The molecule has 0 amide bonds. The standard InChI is InChI=1S/C18H16N2O3/c1-23-14-8-9-15(18(21)11-14)17(20-22)10-13-7-6-12-4-2-3-5-16(12)19-13/h2-9,11,21-22H,10H2,1H3. The average molecular weight is 308 g/mol. The molecule has 1 aromatic heterocycles. The molecule has 3 rings (SSSR count). The van der Waals surface area contributed by atoms with E-state index in [1.807, 2.05) is 36.4 Å². The normalized spacial score (nSPS) is 11.6. The number of aromatic nitrogens is 1. The molecule has 0 atom stereocenters. The van der Waals surface area contributed by atoms with Crippen LogP contribution in [0.15, 0.2) is 59.8 Å². The van der Waals surface area contributed by atoms with Crippen molar-refractivity contribution in [1.29, 1.82) is 0 Å². The van der Waals surface area contributed by atoms with E-state index in [4.69, 9.17) is 4.74 Å². The molecule has 0 spiro atoms. The minimum Gasteiger partial charge on any atom is -0.507 e. The van der Waals surface area contributed by atoms with Crippen molar-refractivity contribution in [3.8, 4) is 11.5 Å². The summed E-state index contributed by atoms with van der Waals surface area (Å²) in [6.45, 7) is 0. The lowest BCUT2D eigenvalue weighted by atomic mass is 10.0. The maximum Gasteiger partial charge on any atom is 0.128 e. The monoisotopic (exact) mass is 308 g/mol. The Kier molecular flexibility index (Phi) is 4.10. The first-order chi connectivity index (χ1) is 11.2. The highest BCUT2D eigenvalue weighted by molar-refractivity contribution is 6.03. The molecule has 3 aromatic rings. The number of hydrogen-bond acceptors (Lipinski definition) is 5. The fourth-order valence-corrected chi connectivity index (χ4v) is 2.45. The Labute approximate surface area is 133 Å². The number of oxime groups is 1. The van der Waals surface area contributed by atoms with Crippen LogP contribution >= 0.6 is 0 Å². The molecule has 0 aliphatic heterocycles. The molecule has 5 nitrogen and oxygen atoms in total. The number of fused-ring (bicyclic) bond motifs is 1. The van der Waals surface area contributed by atoms with Gasteiger partial charge >= 0.3 is 0 Å². The van der Waals surface area contributed by atoms with E-state index in [0.717, 1.165) is 16.6 Å². The van der Waals surface area contributed by atoms with Crippen molar-refractivity contribution in [3.63, 3.8) is 0 Å². The van der Waals surface area contributed by atoms with Gasteiger partial charge in [0.1, 0.15) is 11.5 Å². The Balaban J connectivity index is 1.92. The van der Waals surface area contributed by atoms with Gasteiger partial charge in [0.15, 0.2) is 0 Å². The summed E-state index contributed by atoms with van der Waals surface area (Å²) in [5.41, 5.74) is 2.42. The van der Waals surface area contributed by atoms with Gasteiger partial charge in [-0.2, -0.15) is 0 Å². The molecular weight excluding hydrogens is 292 g/mol. The van der Waals surface area contributed by atoms with Gasteiger partial charge < -0.3 is 15.1 Å². The molecule has 1 heterocycles. The minimum absolute atomic E-state index is 0.00191. The van der Waals surface area contributed by atoms with E-state index in [1.54, 1.807) is 12.1 Å². The van der Waals surface area contributed by atoms with Crippen LogP contribution < -0.4 is 4.74 Å². The van der Waals surface area contributed by atoms with Crippen molar-refractivity contribution in [2.75, 3.05) is 7.11 Å². The quantitative estimate of drug-likeness (QED) is 0.440. The number of para-hydroxylation sites is 1. The molecule has 0 saturated carbocycles. The second-order valence-corrected chi connectivity index (χ2v) is 5.10. The topological polar surface area (TPSA) is 74.9 Å². The smallest absolute Gasteiger partial charge is 0.128 e. The molecule has 23 heavy (non-hydrogen) atoms. The van der Waals surface area contributed by atoms with Gasteiger partial charge in [0.25, 0.3) is 0 Å². The Hall–Kier alpha value is -3.08. The van der Waals surface area contributed by atoms with Crippen LogP contribution in [-0.4, -0.2) is 28.1 Å². The van der Waals surface area contributed by atoms with Crippen molar-refractivity contribution in [2.24, 2.45) is 5.16 Å². The van der Waals surface area contributed by atoms with Crippen molar-refractivity contribution < 1.29 is 15.1 Å². The van der Waals surface area contributed by atoms with Crippen LogP contribution in [0.25, 0.3) is 10.9 Å². The first-order valence-electron chi connectivity index (χ1n) is 7.14. The molecule has 2 aromatic carbocycles. The molecule has 5 heteroatoms. The van der Waals surface area contributed by atoms with Gasteiger partial charge in [-0.05, 0) is 24.3 Å². The summed E-state index contributed by atoms with van der Waals surface area (Å²) in [5, 5.41) is 23.8. The zero-order valence-corrected chi connectivity index (χ0v) is 12.6. The number of benzene rings is 2. The van der Waals surface area contributed by atoms with Gasteiger partial charge in [0, 0.05) is 29.1 Å². The maximum atomic E-state index is 10.1. The minimum atomic E-state index is -0.00191. The van der Waals surface area contributed by atoms with Crippen LogP contribution in [0.4, 0.5) is 0 Å². The number of aromatic hydroxyl groups is 1. The number of phenolic OH excluding ortho intramolecular Hbond substituents is 1. The molecule has 0 unspecified atom stereocenters. The Morgan fingerprint density at radius 2 is 1.96 bits per heavy atom. The highest BCUT2D eigenvalue weighted by atomic mass is 16.5. The number of ether oxygens (including phenoxy) is 1. The van der Waals surface area contributed by atoms with Crippen molar-refractivity contribution >= 4 is 16.6 Å². The average Bonchev–Trinajstić information content (AvgIpc) is 2.59. The van der Waals surface area contributed by atoms with E-state index in [1.165, 1.54) is 13.2 Å². The van der Waals surface area contributed by atoms with Crippen LogP contribution in [0, 0.1) is 0 Å². The maximum absolute atomic E-state index is 10.1. The Bertz CT molecular complexity index is 875. The van der Waals surface area contributed by atoms with E-state index in [2.05, 4.69) is 10.1 Å². The Morgan fingerprint density at radius 3 is 2.70 bits per heavy atom. The van der Waals surface area contributed by atoms with Gasteiger partial charge in [0.2, 0.25) is 0 Å². The predicted molar refractivity (Wildman–Crippen MR) is 88.4 cm³/mol. The molecule has 0 bridgehead atoms. The van der Waals surface area contributed by atoms with Crippen LogP contribution in [0.2, 0.25) is 0 Å². The van der Waals surface area contributed by atoms with E-state index < -0.39 is 0 Å². The van der Waals surface area contributed by atoms with E-state index >= 15 is 0 Å². The van der Waals surface area contributed by atoms with Crippen LogP contribution in [-0.2, 0) is 6.42 Å². The molecule has 0 aliphatic rings. The second kappa shape index (κ2) is 6.36. The molecular formula is C18H16N2O3. The summed E-state index contributed by atoms with van der Waals surface area (Å²) in [6, 6.07) is 16.5. The summed E-state index contributed by atoms with van der Waals surface area (Å²) >= 11 is 0. The number of methoxy groups -OCH3 is 1. The Morgan fingerprint density at radius 1 is 1.13 bits per heavy atom. The molecule has 0 saturated heterocycles. The highest BCUT2D eigenvalue weighted by Crippen LogP contribution is 2.25. The molecule has 0 radical (unpaired) electrons. The van der Waals surface area contributed by atoms with E-state index in [9.17, 15) is 10.3 Å². The fraction of sp³-hybridized carbons (Fsp3) is 0.111. The number of hydrogen-bond donors (Lipinski definition) is 2. The number of pyridine rings is 1. The zero-order valence-electron chi connectivity index (χ0n) is 12.6. The van der Waals surface area contributed by atoms with Crippen molar-refractivity contribution in [2.45, 2.75) is 6.42 Å². The zero-order chi connectivity index (χ0) is 16.2. The fourth-order valence-electron chi connectivity index (χ4n) is 2.45. The number of rotatable bonds is 4. The summed E-state index contributed by atoms with van der Waals surface area (Å²) < 4.78 is 5.06. The number of nitrogens with zero attached hydrogens (tertiary/aromatic N) is 2. The lowest BCUT2D eigenvalue weighted by Crippen LogP contribution is -2.07. The molecule has 116 valence electrons. The van der Waals surface area contributed by atoms with E-state index in [-0.39, 0.29) is 5.75 Å². The second-order valence-electron chi connectivity index (χ2n) is 5.10. The predicted octanol–water partition coefficient (Wildman–Crippen LogP) is 3.37. The molecule has 0 aliphatic carbocycles. The van der Waals surface area contributed by atoms with Crippen LogP contribution in [0.3, 0.4) is 0 Å². The van der Waals surface area contributed by atoms with Gasteiger partial charge in [0.05, 0.1) is 18.3 Å². The first kappa shape index (κ1) is 14.8. The summed E-state index contributed by atoms with van der Waals surface area (Å²) in [5.74, 6) is 0.533. The lowest BCUT2D eigenvalue weighted by molar-refractivity contribution is 0.318. The SMILES string of the molecule is COc1ccc(C(Cc2ccc3ccccc3n2)=NO)c(O)c1. The van der Waals surface area contributed by atoms with Crippen LogP contribution in [0.5, 0.6) is 11.5 Å². The molecule has 0 fully saturated rings. The first-order valence-corrected chi connectivity index (χ1v) is 7.14. The largest absolute Gasteiger partial charge is 0.507 e. The molecule has 2 N–H and O–H groups in total. The van der Waals surface area contributed by atoms with Gasteiger partial charge in [-0.1, -0.05) is 29.4 Å². The third kappa shape index (κ3) is 3.08. The van der Waals surface area contributed by atoms with Gasteiger partial charge in [-0.15, -0.1) is 0 Å². The van der Waals surface area contributed by atoms with E-state index in [0.29, 0.717) is 23.4 Å². The highest BCUT2D eigenvalue weighted by Gasteiger charge is 2.13. The third-order valence-electron chi connectivity index (χ3n) is 3.64. The van der Waals surface area contributed by atoms with Crippen LogP contribution in [0.1, 0.15) is 11.3 Å². The summed E-state index contributed by atoms with van der Waals surface area (Å²) in [7, 11) is 1.52. The third-order valence-corrected chi connectivity index (χ3v) is 3.64. The lowest BCUT2D eigenvalue weighted by Gasteiger charge is -2.09. The van der Waals surface area contributed by atoms with Gasteiger partial charge in [-0.3, -0.25) is 4.98 Å². The van der Waals surface area contributed by atoms with Crippen molar-refractivity contribution in [3.05, 3.63) is 65.9 Å².